The molecule has 0 unspecified atom stereocenters. The van der Waals surface area contributed by atoms with Crippen molar-refractivity contribution in [3.63, 3.8) is 0 Å². The third kappa shape index (κ3) is 3.16. The molecule has 6 heteroatoms. The molecule has 0 saturated carbocycles. The molecule has 0 spiro atoms. The Morgan fingerprint density at radius 3 is 2.47 bits per heavy atom. The molecule has 2 rings (SSSR count). The van der Waals surface area contributed by atoms with Crippen molar-refractivity contribution in [1.82, 2.24) is 4.98 Å². The number of amides is 1. The van der Waals surface area contributed by atoms with Crippen molar-refractivity contribution in [3.8, 4) is 0 Å². The molecule has 3 N–H and O–H groups in total. The van der Waals surface area contributed by atoms with Crippen molar-refractivity contribution in [2.24, 2.45) is 0 Å². The lowest BCUT2D eigenvalue weighted by molar-refractivity contribution is 0.102. The Balaban J connectivity index is 2.25. The number of hydrogen-bond donors (Lipinski definition) is 2. The van der Waals surface area contributed by atoms with E-state index in [0.717, 1.165) is 5.69 Å². The van der Waals surface area contributed by atoms with E-state index in [1.54, 1.807) is 12.1 Å². The van der Waals surface area contributed by atoms with Crippen LogP contribution in [0.1, 0.15) is 16.1 Å². The predicted molar refractivity (Wildman–Crippen MR) is 77.8 cm³/mol. The van der Waals surface area contributed by atoms with Gasteiger partial charge in [-0.05, 0) is 31.2 Å². The summed E-state index contributed by atoms with van der Waals surface area (Å²) in [5.74, 6) is 0.121. The van der Waals surface area contributed by atoms with Crippen LogP contribution in [0.3, 0.4) is 0 Å². The molecule has 0 bridgehead atoms. The van der Waals surface area contributed by atoms with Crippen molar-refractivity contribution in [2.75, 3.05) is 11.1 Å². The molecule has 2 aromatic rings. The summed E-state index contributed by atoms with van der Waals surface area (Å²) in [5, 5.41) is 3.16. The Morgan fingerprint density at radius 1 is 1.26 bits per heavy atom. The number of aromatic nitrogens is 1. The molecule has 0 saturated heterocycles. The topological polar surface area (TPSA) is 68.0 Å². The van der Waals surface area contributed by atoms with E-state index < -0.39 is 0 Å². The van der Waals surface area contributed by atoms with E-state index in [-0.39, 0.29) is 21.6 Å². The summed E-state index contributed by atoms with van der Waals surface area (Å²) in [7, 11) is 0. The zero-order valence-corrected chi connectivity index (χ0v) is 11.6. The van der Waals surface area contributed by atoms with Crippen molar-refractivity contribution >= 4 is 40.6 Å². The van der Waals surface area contributed by atoms with Crippen LogP contribution in [0.4, 0.5) is 11.5 Å². The highest BCUT2D eigenvalue weighted by molar-refractivity contribution is 6.39. The van der Waals surface area contributed by atoms with Gasteiger partial charge in [-0.25, -0.2) is 4.98 Å². The summed E-state index contributed by atoms with van der Waals surface area (Å²) >= 11 is 11.8. The number of hydrogen-bond acceptors (Lipinski definition) is 3. The Kier molecular flexibility index (Phi) is 3.93. The second-order valence-electron chi connectivity index (χ2n) is 3.97. The number of rotatable bonds is 2. The zero-order chi connectivity index (χ0) is 14.0. The third-order valence-electron chi connectivity index (χ3n) is 2.47. The number of benzene rings is 1. The van der Waals surface area contributed by atoms with Crippen LogP contribution in [0.25, 0.3) is 0 Å². The Morgan fingerprint density at radius 2 is 1.89 bits per heavy atom. The second-order valence-corrected chi connectivity index (χ2v) is 4.79. The number of nitrogens with zero attached hydrogens (tertiary/aromatic N) is 1. The molecule has 0 fully saturated rings. The van der Waals surface area contributed by atoms with E-state index in [2.05, 4.69) is 10.3 Å². The molecule has 1 aromatic carbocycles. The van der Waals surface area contributed by atoms with Gasteiger partial charge in [-0.15, -0.1) is 0 Å². The van der Waals surface area contributed by atoms with Crippen LogP contribution in [0.5, 0.6) is 0 Å². The Labute approximate surface area is 120 Å². The van der Waals surface area contributed by atoms with Crippen LogP contribution in [0.2, 0.25) is 10.0 Å². The summed E-state index contributed by atoms with van der Waals surface area (Å²) in [5.41, 5.74) is 7.01. The lowest BCUT2D eigenvalue weighted by atomic mass is 10.2. The summed E-state index contributed by atoms with van der Waals surface area (Å²) in [6.45, 7) is 1.84. The fraction of sp³-hybridized carbons (Fsp3) is 0.0769. The fourth-order valence-corrected chi connectivity index (χ4v) is 2.00. The lowest BCUT2D eigenvalue weighted by Gasteiger charge is -2.07. The summed E-state index contributed by atoms with van der Waals surface area (Å²) < 4.78 is 0. The van der Waals surface area contributed by atoms with E-state index in [9.17, 15) is 4.79 Å². The average molecular weight is 296 g/mol. The molecule has 0 radical (unpaired) electrons. The molecular formula is C13H11Cl2N3O. The molecule has 98 valence electrons. The first kappa shape index (κ1) is 13.6. The number of anilines is 2. The number of nitrogens with two attached hydrogens (primary N) is 1. The monoisotopic (exact) mass is 295 g/mol. The zero-order valence-electron chi connectivity index (χ0n) is 10.1. The number of carbonyl (C=O) groups is 1. The lowest BCUT2D eigenvalue weighted by Crippen LogP contribution is -2.13. The minimum absolute atomic E-state index is 0.245. The third-order valence-corrected chi connectivity index (χ3v) is 3.10. The first-order valence-corrected chi connectivity index (χ1v) is 6.22. The predicted octanol–water partition coefficient (Wildman–Crippen LogP) is 3.53. The van der Waals surface area contributed by atoms with Crippen LogP contribution in [-0.4, -0.2) is 10.9 Å². The maximum Gasteiger partial charge on any atom is 0.256 e. The van der Waals surface area contributed by atoms with Gasteiger partial charge in [0.1, 0.15) is 5.82 Å². The van der Waals surface area contributed by atoms with Gasteiger partial charge in [-0.2, -0.15) is 0 Å². The molecule has 1 aromatic heterocycles. The average Bonchev–Trinajstić information content (AvgIpc) is 2.35. The van der Waals surface area contributed by atoms with Crippen LogP contribution in [0.15, 0.2) is 30.3 Å². The van der Waals surface area contributed by atoms with Gasteiger partial charge in [0.15, 0.2) is 0 Å². The van der Waals surface area contributed by atoms with Crippen LogP contribution >= 0.6 is 23.2 Å². The Bertz CT molecular complexity index is 621. The van der Waals surface area contributed by atoms with Gasteiger partial charge in [0, 0.05) is 11.3 Å². The molecule has 4 nitrogen and oxygen atoms in total. The molecule has 1 amide bonds. The molecule has 0 atom stereocenters. The van der Waals surface area contributed by atoms with E-state index in [1.807, 2.05) is 13.0 Å². The first-order valence-electron chi connectivity index (χ1n) is 5.47. The summed E-state index contributed by atoms with van der Waals surface area (Å²) in [4.78, 5) is 16.2. The van der Waals surface area contributed by atoms with Gasteiger partial charge >= 0.3 is 0 Å². The molecule has 0 aliphatic rings. The highest BCUT2D eigenvalue weighted by Crippen LogP contribution is 2.29. The van der Waals surface area contributed by atoms with Gasteiger partial charge in [-0.1, -0.05) is 29.3 Å². The quantitative estimate of drug-likeness (QED) is 0.833. The van der Waals surface area contributed by atoms with E-state index in [4.69, 9.17) is 28.9 Å². The molecule has 1 heterocycles. The molecular weight excluding hydrogens is 285 g/mol. The van der Waals surface area contributed by atoms with Gasteiger partial charge in [0.05, 0.1) is 15.7 Å². The molecule has 0 aliphatic carbocycles. The highest BCUT2D eigenvalue weighted by Gasteiger charge is 2.11. The van der Waals surface area contributed by atoms with Gasteiger partial charge in [-0.3, -0.25) is 4.79 Å². The van der Waals surface area contributed by atoms with Gasteiger partial charge < -0.3 is 11.1 Å². The number of halogens is 2. The number of nitrogens with one attached hydrogen (secondary N) is 1. The van der Waals surface area contributed by atoms with Crippen molar-refractivity contribution in [3.05, 3.63) is 51.6 Å². The van der Waals surface area contributed by atoms with Crippen molar-refractivity contribution < 1.29 is 4.79 Å². The maximum atomic E-state index is 12.0. The smallest absolute Gasteiger partial charge is 0.256 e. The van der Waals surface area contributed by atoms with E-state index >= 15 is 0 Å². The molecule has 19 heavy (non-hydrogen) atoms. The van der Waals surface area contributed by atoms with Gasteiger partial charge in [0.25, 0.3) is 5.91 Å². The highest BCUT2D eigenvalue weighted by atomic mass is 35.5. The number of nitrogen functional groups attached to an aromatic ring is 1. The second kappa shape index (κ2) is 5.47. The number of carbonyl (C=O) groups excluding carboxylic acids is 1. The van der Waals surface area contributed by atoms with Crippen molar-refractivity contribution in [1.29, 1.82) is 0 Å². The largest absolute Gasteiger partial charge is 0.396 e. The van der Waals surface area contributed by atoms with E-state index in [1.165, 1.54) is 12.1 Å². The van der Waals surface area contributed by atoms with Crippen molar-refractivity contribution in [2.45, 2.75) is 6.92 Å². The fourth-order valence-electron chi connectivity index (χ4n) is 1.52. The summed E-state index contributed by atoms with van der Waals surface area (Å²) in [6, 6.07) is 8.28. The minimum Gasteiger partial charge on any atom is -0.396 e. The maximum absolute atomic E-state index is 12.0. The molecule has 0 aliphatic heterocycles. The first-order chi connectivity index (χ1) is 8.97. The number of pyridine rings is 1. The number of aryl methyl sites for hydroxylation is 1. The SMILES string of the molecule is Cc1cccc(NC(=O)c2cc(Cl)c(N)c(Cl)c2)n1. The standard InChI is InChI=1S/C13H11Cl2N3O/c1-7-3-2-4-11(17-7)18-13(19)8-5-9(14)12(16)10(15)6-8/h2-6H,16H2,1H3,(H,17,18,19). The summed E-state index contributed by atoms with van der Waals surface area (Å²) in [6.07, 6.45) is 0. The van der Waals surface area contributed by atoms with Crippen LogP contribution < -0.4 is 11.1 Å². The normalized spacial score (nSPS) is 10.3. The van der Waals surface area contributed by atoms with Gasteiger partial charge in [0.2, 0.25) is 0 Å². The Hall–Kier alpha value is -1.78. The van der Waals surface area contributed by atoms with E-state index in [0.29, 0.717) is 11.4 Å². The van der Waals surface area contributed by atoms with Crippen LogP contribution in [0, 0.1) is 6.92 Å². The minimum atomic E-state index is -0.345. The van der Waals surface area contributed by atoms with Crippen LogP contribution in [-0.2, 0) is 0 Å².